The predicted molar refractivity (Wildman–Crippen MR) is 156 cm³/mol. The van der Waals surface area contributed by atoms with Gasteiger partial charge in [0.15, 0.2) is 11.6 Å². The third-order valence-electron chi connectivity index (χ3n) is 6.96. The van der Waals surface area contributed by atoms with E-state index in [0.717, 1.165) is 5.56 Å². The Bertz CT molecular complexity index is 1290. The van der Waals surface area contributed by atoms with E-state index >= 15 is 0 Å². The van der Waals surface area contributed by atoms with Crippen molar-refractivity contribution in [1.82, 2.24) is 24.6 Å². The van der Waals surface area contributed by atoms with Crippen LogP contribution >= 0.6 is 11.6 Å². The minimum Gasteiger partial charge on any atom is -0.372 e. The molecule has 10 heteroatoms. The lowest BCUT2D eigenvalue weighted by Crippen LogP contribution is -2.55. The van der Waals surface area contributed by atoms with Gasteiger partial charge < -0.3 is 20.3 Å². The van der Waals surface area contributed by atoms with E-state index in [4.69, 9.17) is 32.2 Å². The van der Waals surface area contributed by atoms with Crippen LogP contribution in [-0.4, -0.2) is 69.0 Å². The van der Waals surface area contributed by atoms with Crippen LogP contribution in [0.5, 0.6) is 0 Å². The van der Waals surface area contributed by atoms with Crippen LogP contribution in [0.4, 0.5) is 9.18 Å². The molecule has 1 fully saturated rings. The van der Waals surface area contributed by atoms with E-state index in [9.17, 15) is 9.18 Å². The number of urea groups is 1. The van der Waals surface area contributed by atoms with E-state index in [1.807, 2.05) is 54.0 Å². The Balaban J connectivity index is 1.85. The van der Waals surface area contributed by atoms with Crippen LogP contribution < -0.4 is 5.73 Å². The second-order valence-electron chi connectivity index (χ2n) is 11.6. The fourth-order valence-electron chi connectivity index (χ4n) is 5.32. The molecule has 0 aliphatic carbocycles. The monoisotopic (exact) mass is 570 g/mol. The lowest BCUT2D eigenvalue weighted by molar-refractivity contribution is -0.0612. The topological polar surface area (TPSA) is 89.5 Å². The normalized spacial score (nSPS) is 18.6. The number of nitrogens with zero attached hydrogens (tertiary/aromatic N) is 5. The van der Waals surface area contributed by atoms with Gasteiger partial charge in [-0.2, -0.15) is 5.10 Å². The number of nitrogens with two attached hydrogens (primary N) is 1. The Morgan fingerprint density at radius 1 is 1.18 bits per heavy atom. The van der Waals surface area contributed by atoms with Gasteiger partial charge in [-0.1, -0.05) is 62.7 Å². The molecule has 0 saturated carbocycles. The number of rotatable bonds is 8. The SMILES string of the molecule is C[C@@H]1CN(C(=O)N(CCCN)[C@@H](c2nc(-c3cc(Cl)ccc3F)nn2Cc2ccccc2)C(C)(C)C)C[C@H](C)O1. The van der Waals surface area contributed by atoms with Gasteiger partial charge in [-0.3, -0.25) is 0 Å². The molecular formula is C30H40ClFN6O2. The van der Waals surface area contributed by atoms with Gasteiger partial charge in [0.05, 0.1) is 30.4 Å². The number of ether oxygens (including phenoxy) is 1. The van der Waals surface area contributed by atoms with Gasteiger partial charge in [0, 0.05) is 24.7 Å². The molecule has 1 aromatic heterocycles. The van der Waals surface area contributed by atoms with Gasteiger partial charge in [-0.05, 0) is 56.0 Å². The molecule has 1 aliphatic rings. The molecule has 40 heavy (non-hydrogen) atoms. The van der Waals surface area contributed by atoms with Crippen molar-refractivity contribution in [1.29, 1.82) is 0 Å². The number of hydrogen-bond acceptors (Lipinski definition) is 5. The first kappa shape index (κ1) is 30.0. The van der Waals surface area contributed by atoms with Crippen molar-refractivity contribution in [2.24, 2.45) is 11.1 Å². The molecule has 216 valence electrons. The first-order chi connectivity index (χ1) is 19.0. The fraction of sp³-hybridized carbons (Fsp3) is 0.500. The Hall–Kier alpha value is -3.01. The Morgan fingerprint density at radius 2 is 1.85 bits per heavy atom. The van der Waals surface area contributed by atoms with E-state index in [2.05, 4.69) is 20.8 Å². The highest BCUT2D eigenvalue weighted by molar-refractivity contribution is 6.30. The maximum Gasteiger partial charge on any atom is 0.320 e. The van der Waals surface area contributed by atoms with Crippen molar-refractivity contribution in [2.45, 2.75) is 65.8 Å². The van der Waals surface area contributed by atoms with Gasteiger partial charge >= 0.3 is 6.03 Å². The van der Waals surface area contributed by atoms with Gasteiger partial charge in [-0.25, -0.2) is 18.9 Å². The van der Waals surface area contributed by atoms with Gasteiger partial charge in [0.25, 0.3) is 0 Å². The molecule has 4 rings (SSSR count). The molecule has 1 saturated heterocycles. The minimum atomic E-state index is -0.479. The number of carbonyl (C=O) groups is 1. The third kappa shape index (κ3) is 7.00. The first-order valence-electron chi connectivity index (χ1n) is 13.8. The molecule has 0 unspecified atom stereocenters. The summed E-state index contributed by atoms with van der Waals surface area (Å²) in [5.41, 5.74) is 6.71. The number of amides is 2. The maximum absolute atomic E-state index is 15.0. The summed E-state index contributed by atoms with van der Waals surface area (Å²) in [5, 5.41) is 5.17. The minimum absolute atomic E-state index is 0.0729. The maximum atomic E-state index is 15.0. The van der Waals surface area contributed by atoms with Gasteiger partial charge in [0.2, 0.25) is 0 Å². The first-order valence-corrected chi connectivity index (χ1v) is 14.2. The summed E-state index contributed by atoms with van der Waals surface area (Å²) in [5.74, 6) is 0.331. The van der Waals surface area contributed by atoms with E-state index < -0.39 is 17.3 Å². The number of morpholine rings is 1. The second-order valence-corrected chi connectivity index (χ2v) is 12.0. The predicted octanol–water partition coefficient (Wildman–Crippen LogP) is 5.75. The van der Waals surface area contributed by atoms with Crippen LogP contribution in [0.15, 0.2) is 48.5 Å². The van der Waals surface area contributed by atoms with Crippen LogP contribution in [0, 0.1) is 11.2 Å². The lowest BCUT2D eigenvalue weighted by Gasteiger charge is -2.44. The zero-order valence-electron chi connectivity index (χ0n) is 24.0. The average Bonchev–Trinajstić information content (AvgIpc) is 3.29. The summed E-state index contributed by atoms with van der Waals surface area (Å²) in [6.45, 7) is 12.5. The highest BCUT2D eigenvalue weighted by atomic mass is 35.5. The number of carbonyl (C=O) groups excluding carboxylic acids is 1. The van der Waals surface area contributed by atoms with E-state index in [1.165, 1.54) is 18.2 Å². The van der Waals surface area contributed by atoms with Crippen molar-refractivity contribution >= 4 is 17.6 Å². The molecule has 0 bridgehead atoms. The average molecular weight is 571 g/mol. The number of benzene rings is 2. The molecular weight excluding hydrogens is 531 g/mol. The summed E-state index contributed by atoms with van der Waals surface area (Å²) < 4.78 is 22.7. The highest BCUT2D eigenvalue weighted by Gasteiger charge is 2.41. The van der Waals surface area contributed by atoms with Crippen LogP contribution in [-0.2, 0) is 11.3 Å². The number of aromatic nitrogens is 3. The Kier molecular flexibility index (Phi) is 9.48. The zero-order chi connectivity index (χ0) is 29.0. The molecule has 2 heterocycles. The van der Waals surface area contributed by atoms with E-state index in [-0.39, 0.29) is 29.6 Å². The molecule has 3 aromatic rings. The Labute approximate surface area is 241 Å². The smallest absolute Gasteiger partial charge is 0.320 e. The van der Waals surface area contributed by atoms with E-state index in [0.29, 0.717) is 50.0 Å². The van der Waals surface area contributed by atoms with Crippen LogP contribution in [0.1, 0.15) is 58.5 Å². The van der Waals surface area contributed by atoms with Gasteiger partial charge in [0.1, 0.15) is 5.82 Å². The quantitative estimate of drug-likeness (QED) is 0.372. The van der Waals surface area contributed by atoms with Crippen molar-refractivity contribution < 1.29 is 13.9 Å². The summed E-state index contributed by atoms with van der Waals surface area (Å²) in [6.07, 6.45) is 0.476. The summed E-state index contributed by atoms with van der Waals surface area (Å²) >= 11 is 6.23. The van der Waals surface area contributed by atoms with E-state index in [1.54, 1.807) is 4.68 Å². The molecule has 2 aromatic carbocycles. The summed E-state index contributed by atoms with van der Waals surface area (Å²) in [4.78, 5) is 22.9. The number of hydrogen-bond donors (Lipinski definition) is 1. The van der Waals surface area contributed by atoms with Crippen molar-refractivity contribution in [3.63, 3.8) is 0 Å². The highest BCUT2D eigenvalue weighted by Crippen LogP contribution is 2.39. The van der Waals surface area contributed by atoms with Crippen LogP contribution in [0.3, 0.4) is 0 Å². The molecule has 2 amide bonds. The fourth-order valence-corrected chi connectivity index (χ4v) is 5.49. The molecule has 1 aliphatic heterocycles. The molecule has 0 spiro atoms. The standard InChI is InChI=1S/C30H40ClFN6O2/c1-20-17-36(18-21(2)40-20)29(39)37(15-9-14-33)26(30(3,4)5)28-34-27(24-16-23(31)12-13-25(24)32)35-38(28)19-22-10-7-6-8-11-22/h6-8,10-13,16,20-21,26H,9,14-15,17-19,33H2,1-5H3/t20-,21+,26-/m0/s1. The molecule has 8 nitrogen and oxygen atoms in total. The summed E-state index contributed by atoms with van der Waals surface area (Å²) in [7, 11) is 0. The largest absolute Gasteiger partial charge is 0.372 e. The molecule has 2 N–H and O–H groups in total. The van der Waals surface area contributed by atoms with Gasteiger partial charge in [-0.15, -0.1) is 0 Å². The lowest BCUT2D eigenvalue weighted by atomic mass is 9.84. The third-order valence-corrected chi connectivity index (χ3v) is 7.20. The van der Waals surface area contributed by atoms with Crippen molar-refractivity contribution in [3.8, 4) is 11.4 Å². The van der Waals surface area contributed by atoms with Crippen LogP contribution in [0.25, 0.3) is 11.4 Å². The van der Waals surface area contributed by atoms with Crippen molar-refractivity contribution in [2.75, 3.05) is 26.2 Å². The summed E-state index contributed by atoms with van der Waals surface area (Å²) in [6, 6.07) is 13.6. The Morgan fingerprint density at radius 3 is 2.48 bits per heavy atom. The molecule has 3 atom stereocenters. The van der Waals surface area contributed by atoms with Crippen LogP contribution in [0.2, 0.25) is 5.02 Å². The van der Waals surface area contributed by atoms with Crippen molar-refractivity contribution in [3.05, 3.63) is 70.8 Å². The zero-order valence-corrected chi connectivity index (χ0v) is 24.7. The molecule has 0 radical (unpaired) electrons. The number of halogens is 2. The second kappa shape index (κ2) is 12.7.